The lowest BCUT2D eigenvalue weighted by molar-refractivity contribution is -0.0512. The number of H-pyrrole nitrogens is 2. The first-order chi connectivity index (χ1) is 35.3. The molecule has 20 heteroatoms. The zero-order valence-electron chi connectivity index (χ0n) is 41.5. The van der Waals surface area contributed by atoms with Gasteiger partial charge in [0.2, 0.25) is 0 Å². The van der Waals surface area contributed by atoms with Crippen molar-refractivity contribution >= 4 is 45.3 Å². The van der Waals surface area contributed by atoms with E-state index in [1.807, 2.05) is 35.3 Å². The molecule has 0 radical (unpaired) electrons. The first-order valence-corrected chi connectivity index (χ1v) is 24.3. The highest BCUT2D eigenvalue weighted by molar-refractivity contribution is 6.32. The van der Waals surface area contributed by atoms with Gasteiger partial charge in [0.15, 0.2) is 0 Å². The number of alkyl halides is 4. The molecule has 72 heavy (non-hydrogen) atoms. The topological polar surface area (TPSA) is 152 Å². The van der Waals surface area contributed by atoms with Gasteiger partial charge in [-0.3, -0.25) is 9.36 Å². The predicted octanol–water partition coefficient (Wildman–Crippen LogP) is 13.5. The number of halogens is 8. The molecule has 4 N–H and O–H groups in total. The Morgan fingerprint density at radius 1 is 0.625 bits per heavy atom. The Hall–Kier alpha value is -6.08. The molecule has 0 bridgehead atoms. The number of aromatic nitrogens is 8. The zero-order valence-corrected chi connectivity index (χ0v) is 41.0. The van der Waals surface area contributed by atoms with E-state index in [9.17, 15) is 36.6 Å². The van der Waals surface area contributed by atoms with Crippen molar-refractivity contribution in [1.29, 1.82) is 0 Å². The van der Waals surface area contributed by atoms with Gasteiger partial charge in [0.05, 0.1) is 49.5 Å². The summed E-state index contributed by atoms with van der Waals surface area (Å²) in [7, 11) is 0. The molecule has 0 aliphatic heterocycles. The summed E-state index contributed by atoms with van der Waals surface area (Å²) in [4.78, 5) is 14.8. The number of benzene rings is 2. The summed E-state index contributed by atoms with van der Waals surface area (Å²) in [6, 6.07) is 8.32. The smallest absolute Gasteiger partial charge is 0.387 e. The van der Waals surface area contributed by atoms with Gasteiger partial charge in [0.1, 0.15) is 34.4 Å². The molecule has 6 heterocycles. The Morgan fingerprint density at radius 3 is 1.36 bits per heavy atom. The summed E-state index contributed by atoms with van der Waals surface area (Å²) < 4.78 is 111. The van der Waals surface area contributed by atoms with Crippen LogP contribution in [-0.4, -0.2) is 75.1 Å². The van der Waals surface area contributed by atoms with Gasteiger partial charge in [-0.2, -0.15) is 27.8 Å². The number of aliphatic hydroxyl groups excluding tert-OH is 2. The van der Waals surface area contributed by atoms with Gasteiger partial charge in [-0.25, -0.2) is 18.7 Å². The van der Waals surface area contributed by atoms with E-state index in [-0.39, 0.29) is 69.3 Å². The standard InChI is InChI=1S/2C26H26ClF3N4O2/c2*1-13(23-22(36-26(29)30)8-7-21(28)24(23)27)19-11-32-25-18(19)9-15(10-31-25)20-12-33-34(14(20)2)16-3-5-17(35)6-4-16/h2*7-13,16-17,26,35H,3-6H2,1-2H3,(H,31,32)/t2*13-,16?,17?/m10/s1/i2*11D. The normalized spacial score (nSPS) is 19.6. The van der Waals surface area contributed by atoms with E-state index in [1.54, 1.807) is 38.6 Å². The number of hydrogen-bond donors (Lipinski definition) is 4. The second-order valence-corrected chi connectivity index (χ2v) is 19.2. The molecular formula is C52H52Cl2F6N8O4. The maximum absolute atomic E-state index is 14.4. The summed E-state index contributed by atoms with van der Waals surface area (Å²) in [5, 5.41) is 29.4. The number of nitrogens with zero attached hydrogens (tertiary/aromatic N) is 6. The highest BCUT2D eigenvalue weighted by atomic mass is 35.5. The van der Waals surface area contributed by atoms with Crippen LogP contribution in [0.4, 0.5) is 26.3 Å². The highest BCUT2D eigenvalue weighted by Gasteiger charge is 2.29. The zero-order chi connectivity index (χ0) is 52.9. The lowest BCUT2D eigenvalue weighted by atomic mass is 9.91. The third kappa shape index (κ3) is 10.1. The molecule has 2 aliphatic carbocycles. The number of nitrogens with one attached hydrogen (secondary N) is 2. The average Bonchev–Trinajstić information content (AvgIpc) is 4.12. The molecule has 10 rings (SSSR count). The van der Waals surface area contributed by atoms with Crippen molar-refractivity contribution in [3.05, 3.63) is 129 Å². The summed E-state index contributed by atoms with van der Waals surface area (Å²) in [5.74, 6) is -3.55. The number of ether oxygens (including phenoxy) is 2. The number of hydrogen-bond acceptors (Lipinski definition) is 8. The molecule has 0 spiro atoms. The van der Waals surface area contributed by atoms with Crippen molar-refractivity contribution < 1.29 is 48.8 Å². The molecule has 0 saturated heterocycles. The Balaban J connectivity index is 0.000000182. The number of pyridine rings is 2. The lowest BCUT2D eigenvalue weighted by Gasteiger charge is -2.26. The second kappa shape index (κ2) is 21.2. The average molecular weight is 1040 g/mol. The van der Waals surface area contributed by atoms with Gasteiger partial charge in [-0.05, 0) is 113 Å². The molecule has 380 valence electrons. The summed E-state index contributed by atoms with van der Waals surface area (Å²) >= 11 is 12.4. The third-order valence-electron chi connectivity index (χ3n) is 14.1. The molecule has 2 atom stereocenters. The molecule has 2 fully saturated rings. The van der Waals surface area contributed by atoms with E-state index in [4.69, 9.17) is 25.9 Å². The monoisotopic (exact) mass is 1040 g/mol. The summed E-state index contributed by atoms with van der Waals surface area (Å²) in [6.45, 7) is 1.04. The Morgan fingerprint density at radius 2 is 1.00 bits per heavy atom. The van der Waals surface area contributed by atoms with Crippen molar-refractivity contribution in [2.45, 2.75) is 128 Å². The number of rotatable bonds is 12. The number of fused-ring (bicyclic) bond motifs is 2. The van der Waals surface area contributed by atoms with E-state index in [0.29, 0.717) is 33.2 Å². The van der Waals surface area contributed by atoms with Crippen molar-refractivity contribution in [1.82, 2.24) is 39.5 Å². The molecule has 12 nitrogen and oxygen atoms in total. The first kappa shape index (κ1) is 48.2. The van der Waals surface area contributed by atoms with Crippen LogP contribution in [0.15, 0.2) is 73.5 Å². The van der Waals surface area contributed by atoms with Gasteiger partial charge < -0.3 is 29.7 Å². The minimum absolute atomic E-state index is 0.0173. The van der Waals surface area contributed by atoms with Gasteiger partial charge in [0.25, 0.3) is 0 Å². The quantitative estimate of drug-likeness (QED) is 0.0883. The van der Waals surface area contributed by atoms with Crippen molar-refractivity contribution in [3.63, 3.8) is 0 Å². The lowest BCUT2D eigenvalue weighted by Crippen LogP contribution is -2.22. The van der Waals surface area contributed by atoms with Crippen LogP contribution < -0.4 is 9.47 Å². The molecule has 2 saturated carbocycles. The Bertz CT molecular complexity index is 3120. The minimum Gasteiger partial charge on any atom is -0.434 e. The fourth-order valence-corrected chi connectivity index (χ4v) is 10.9. The summed E-state index contributed by atoms with van der Waals surface area (Å²) in [6.07, 6.45) is 12.8. The van der Waals surface area contributed by atoms with Crippen LogP contribution in [0.2, 0.25) is 10.0 Å². The number of aliphatic hydroxyl groups is 2. The fraction of sp³-hybridized carbons (Fsp3) is 0.385. The SMILES string of the molecule is [2H]c1[nH]c2ncc(-c3cnn(C4CCC(O)CC4)c3C)cc2c1[C@@H](C)c1c(OC(F)F)ccc(F)c1Cl.[2H]c1[nH]c2ncc(-c3cnn(C4CCC(O)CC4)c3C)cc2c1[C@H](C)c1c(OC(F)F)ccc(F)c1Cl. The largest absolute Gasteiger partial charge is 0.434 e. The van der Waals surface area contributed by atoms with E-state index < -0.39 is 36.7 Å². The fourth-order valence-electron chi connectivity index (χ4n) is 10.3. The van der Waals surface area contributed by atoms with Crippen LogP contribution in [0.3, 0.4) is 0 Å². The molecule has 0 amide bonds. The van der Waals surface area contributed by atoms with Crippen molar-refractivity contribution in [2.75, 3.05) is 0 Å². The summed E-state index contributed by atoms with van der Waals surface area (Å²) in [5.41, 5.74) is 7.01. The third-order valence-corrected chi connectivity index (χ3v) is 14.8. The maximum Gasteiger partial charge on any atom is 0.387 e. The van der Waals surface area contributed by atoms with Crippen LogP contribution in [0.1, 0.15) is 126 Å². The second-order valence-electron chi connectivity index (χ2n) is 18.4. The molecular weight excluding hydrogens is 986 g/mol. The van der Waals surface area contributed by atoms with E-state index in [2.05, 4.69) is 39.6 Å². The molecule has 2 aliphatic rings. The van der Waals surface area contributed by atoms with Crippen LogP contribution in [-0.2, 0) is 0 Å². The molecule has 2 aromatic carbocycles. The van der Waals surface area contributed by atoms with Crippen LogP contribution in [0, 0.1) is 25.5 Å². The van der Waals surface area contributed by atoms with E-state index in [1.165, 1.54) is 0 Å². The van der Waals surface area contributed by atoms with E-state index >= 15 is 0 Å². The first-order valence-electron chi connectivity index (χ1n) is 24.6. The predicted molar refractivity (Wildman–Crippen MR) is 262 cm³/mol. The van der Waals surface area contributed by atoms with E-state index in [0.717, 1.165) is 109 Å². The van der Waals surface area contributed by atoms with Crippen molar-refractivity contribution in [2.24, 2.45) is 0 Å². The van der Waals surface area contributed by atoms with Crippen molar-refractivity contribution in [3.8, 4) is 33.8 Å². The van der Waals surface area contributed by atoms with Crippen LogP contribution in [0.5, 0.6) is 11.5 Å². The van der Waals surface area contributed by atoms with Gasteiger partial charge in [-0.15, -0.1) is 0 Å². The minimum atomic E-state index is -3.12. The number of aromatic amines is 2. The van der Waals surface area contributed by atoms with Crippen LogP contribution >= 0.6 is 23.2 Å². The maximum atomic E-state index is 14.4. The van der Waals surface area contributed by atoms with Gasteiger partial charge in [0, 0.05) is 92.1 Å². The Kier molecular flexibility index (Phi) is 14.2. The Labute approximate surface area is 423 Å². The van der Waals surface area contributed by atoms with Gasteiger partial charge in [-0.1, -0.05) is 37.0 Å². The van der Waals surface area contributed by atoms with Crippen LogP contribution in [0.25, 0.3) is 44.3 Å². The molecule has 0 unspecified atom stereocenters. The van der Waals surface area contributed by atoms with Gasteiger partial charge >= 0.3 is 13.2 Å². The molecule has 8 aromatic rings. The molecule has 6 aromatic heterocycles. The highest BCUT2D eigenvalue weighted by Crippen LogP contribution is 2.44.